The Balaban J connectivity index is 1.47. The molecule has 5 rings (SSSR count). The predicted molar refractivity (Wildman–Crippen MR) is 119 cm³/mol. The highest BCUT2D eigenvalue weighted by Gasteiger charge is 2.54. The Bertz CT molecular complexity index is 732. The molecule has 4 saturated carbocycles. The van der Waals surface area contributed by atoms with E-state index in [9.17, 15) is 4.79 Å². The summed E-state index contributed by atoms with van der Waals surface area (Å²) in [6.45, 7) is 6.63. The number of carbonyl (C=O) groups excluding carboxylic acids is 1. The quantitative estimate of drug-likeness (QED) is 0.592. The SMILES string of the molecule is CN(C)CCCC[C@H](NC(=O)OC(C)(C)C)c1nc(C23CC4CC(CC(C4)C2)C3)no1. The van der Waals surface area contributed by atoms with Crippen molar-refractivity contribution < 1.29 is 14.1 Å². The minimum atomic E-state index is -0.543. The second kappa shape index (κ2) is 8.72. The van der Waals surface area contributed by atoms with E-state index in [1.54, 1.807) is 0 Å². The van der Waals surface area contributed by atoms with Gasteiger partial charge in [-0.1, -0.05) is 5.16 Å². The standard InChI is InChI=1S/C24H40N4O3/c1-23(2,3)30-22(29)25-19(8-6-7-9-28(4)5)20-26-21(27-31-20)24-13-16-10-17(14-24)12-18(11-16)15-24/h16-19H,6-15H2,1-5H3,(H,25,29)/t16?,17?,18?,19-,24?/m0/s1. The van der Waals surface area contributed by atoms with Crippen molar-refractivity contribution in [2.45, 2.75) is 95.6 Å². The van der Waals surface area contributed by atoms with Gasteiger partial charge in [-0.05, 0) is 117 Å². The van der Waals surface area contributed by atoms with Gasteiger partial charge in [-0.15, -0.1) is 0 Å². The molecule has 1 aromatic rings. The lowest BCUT2D eigenvalue weighted by Gasteiger charge is -2.55. The van der Waals surface area contributed by atoms with Crippen LogP contribution in [0.3, 0.4) is 0 Å². The van der Waals surface area contributed by atoms with Crippen molar-refractivity contribution in [2.75, 3.05) is 20.6 Å². The van der Waals surface area contributed by atoms with Crippen molar-refractivity contribution >= 4 is 6.09 Å². The van der Waals surface area contributed by atoms with E-state index in [-0.39, 0.29) is 11.5 Å². The van der Waals surface area contributed by atoms with E-state index in [2.05, 4.69) is 29.5 Å². The van der Waals surface area contributed by atoms with Gasteiger partial charge in [0.15, 0.2) is 5.82 Å². The zero-order valence-electron chi connectivity index (χ0n) is 19.9. The molecule has 1 atom stereocenters. The monoisotopic (exact) mass is 432 g/mol. The predicted octanol–water partition coefficient (Wildman–Crippen LogP) is 4.84. The van der Waals surface area contributed by atoms with Crippen LogP contribution in [-0.2, 0) is 10.2 Å². The fourth-order valence-corrected chi connectivity index (χ4v) is 6.46. The smallest absolute Gasteiger partial charge is 0.408 e. The Morgan fingerprint density at radius 2 is 1.77 bits per heavy atom. The molecule has 0 aliphatic heterocycles. The zero-order chi connectivity index (χ0) is 22.2. The molecule has 0 aromatic carbocycles. The van der Waals surface area contributed by atoms with Crippen LogP contribution in [0.4, 0.5) is 4.79 Å². The average Bonchev–Trinajstić information content (AvgIpc) is 3.12. The summed E-state index contributed by atoms with van der Waals surface area (Å²) in [5.41, 5.74) is -0.448. The third-order valence-electron chi connectivity index (χ3n) is 7.29. The average molecular weight is 433 g/mol. The van der Waals surface area contributed by atoms with E-state index in [1.807, 2.05) is 20.8 Å². The molecule has 7 nitrogen and oxygen atoms in total. The highest BCUT2D eigenvalue weighted by atomic mass is 16.6. The Kier molecular flexibility index (Phi) is 6.35. The number of aromatic nitrogens is 2. The van der Waals surface area contributed by atoms with Crippen LogP contribution >= 0.6 is 0 Å². The van der Waals surface area contributed by atoms with Crippen LogP contribution in [0.2, 0.25) is 0 Å². The van der Waals surface area contributed by atoms with Crippen LogP contribution in [0.15, 0.2) is 4.52 Å². The van der Waals surface area contributed by atoms with E-state index in [0.717, 1.165) is 49.4 Å². The van der Waals surface area contributed by atoms with E-state index < -0.39 is 11.7 Å². The maximum Gasteiger partial charge on any atom is 0.408 e. The largest absolute Gasteiger partial charge is 0.444 e. The van der Waals surface area contributed by atoms with E-state index in [0.29, 0.717) is 5.89 Å². The molecule has 31 heavy (non-hydrogen) atoms. The van der Waals surface area contributed by atoms with Gasteiger partial charge in [0.2, 0.25) is 5.89 Å². The highest BCUT2D eigenvalue weighted by molar-refractivity contribution is 5.68. The number of unbranched alkanes of at least 4 members (excludes halogenated alkanes) is 1. The Labute approximate surface area is 186 Å². The number of nitrogens with zero attached hydrogens (tertiary/aromatic N) is 3. The lowest BCUT2D eigenvalue weighted by atomic mass is 9.49. The molecule has 0 saturated heterocycles. The lowest BCUT2D eigenvalue weighted by Crippen LogP contribution is -2.49. The molecule has 0 spiro atoms. The molecule has 0 unspecified atom stereocenters. The van der Waals surface area contributed by atoms with Crippen molar-refractivity contribution in [1.29, 1.82) is 0 Å². The molecule has 1 heterocycles. The van der Waals surface area contributed by atoms with Crippen LogP contribution in [0.25, 0.3) is 0 Å². The van der Waals surface area contributed by atoms with Gasteiger partial charge >= 0.3 is 6.09 Å². The number of hydrogen-bond donors (Lipinski definition) is 1. The second-order valence-electron chi connectivity index (χ2n) is 11.7. The molecule has 1 amide bonds. The first-order valence-electron chi connectivity index (χ1n) is 12.1. The van der Waals surface area contributed by atoms with Crippen LogP contribution < -0.4 is 5.32 Å². The van der Waals surface area contributed by atoms with Crippen molar-refractivity contribution in [2.24, 2.45) is 17.8 Å². The van der Waals surface area contributed by atoms with Gasteiger partial charge in [-0.2, -0.15) is 4.98 Å². The van der Waals surface area contributed by atoms with Crippen molar-refractivity contribution in [3.63, 3.8) is 0 Å². The molecular weight excluding hydrogens is 392 g/mol. The molecule has 7 heteroatoms. The molecule has 0 radical (unpaired) electrons. The Morgan fingerprint density at radius 1 is 1.16 bits per heavy atom. The summed E-state index contributed by atoms with van der Waals surface area (Å²) in [6.07, 6.45) is 10.1. The molecular formula is C24H40N4O3. The van der Waals surface area contributed by atoms with E-state index >= 15 is 0 Å². The molecule has 174 valence electrons. The fraction of sp³-hybridized carbons (Fsp3) is 0.875. The fourth-order valence-electron chi connectivity index (χ4n) is 6.46. The lowest BCUT2D eigenvalue weighted by molar-refractivity contribution is -0.0103. The normalized spacial score (nSPS) is 30.6. The first-order valence-corrected chi connectivity index (χ1v) is 12.1. The number of amides is 1. The molecule has 4 aliphatic rings. The number of rotatable bonds is 8. The topological polar surface area (TPSA) is 80.5 Å². The van der Waals surface area contributed by atoms with Gasteiger partial charge < -0.3 is 19.5 Å². The Hall–Kier alpha value is -1.63. The van der Waals surface area contributed by atoms with Gasteiger partial charge in [0.1, 0.15) is 11.6 Å². The van der Waals surface area contributed by atoms with E-state index in [4.69, 9.17) is 14.2 Å². The first-order chi connectivity index (χ1) is 14.6. The van der Waals surface area contributed by atoms with E-state index in [1.165, 1.54) is 38.5 Å². The van der Waals surface area contributed by atoms with Crippen molar-refractivity contribution in [1.82, 2.24) is 20.4 Å². The maximum absolute atomic E-state index is 12.5. The van der Waals surface area contributed by atoms with Crippen LogP contribution in [0, 0.1) is 17.8 Å². The second-order valence-corrected chi connectivity index (χ2v) is 11.7. The number of alkyl carbamates (subject to hydrolysis) is 1. The molecule has 4 bridgehead atoms. The van der Waals surface area contributed by atoms with Gasteiger partial charge in [0, 0.05) is 5.41 Å². The van der Waals surface area contributed by atoms with Crippen molar-refractivity contribution in [3.05, 3.63) is 11.7 Å². The number of carbonyl (C=O) groups is 1. The molecule has 4 aliphatic carbocycles. The van der Waals surface area contributed by atoms with Gasteiger partial charge in [0.25, 0.3) is 0 Å². The minimum absolute atomic E-state index is 0.0951. The number of nitrogens with one attached hydrogen (secondary N) is 1. The third-order valence-corrected chi connectivity index (χ3v) is 7.29. The van der Waals surface area contributed by atoms with Crippen LogP contribution in [-0.4, -0.2) is 47.4 Å². The molecule has 4 fully saturated rings. The van der Waals surface area contributed by atoms with Crippen LogP contribution in [0.5, 0.6) is 0 Å². The van der Waals surface area contributed by atoms with Crippen molar-refractivity contribution in [3.8, 4) is 0 Å². The molecule has 1 N–H and O–H groups in total. The summed E-state index contributed by atoms with van der Waals surface area (Å²) in [7, 11) is 4.15. The summed E-state index contributed by atoms with van der Waals surface area (Å²) < 4.78 is 11.3. The van der Waals surface area contributed by atoms with Gasteiger partial charge in [-0.25, -0.2) is 4.79 Å². The summed E-state index contributed by atoms with van der Waals surface area (Å²) in [4.78, 5) is 19.6. The summed E-state index contributed by atoms with van der Waals surface area (Å²) in [6, 6.07) is -0.313. The van der Waals surface area contributed by atoms with Gasteiger partial charge in [-0.3, -0.25) is 0 Å². The number of ether oxygens (including phenoxy) is 1. The maximum atomic E-state index is 12.5. The van der Waals surface area contributed by atoms with Crippen LogP contribution in [0.1, 0.15) is 96.3 Å². The summed E-state index contributed by atoms with van der Waals surface area (Å²) in [5, 5.41) is 7.47. The summed E-state index contributed by atoms with van der Waals surface area (Å²) in [5.74, 6) is 3.90. The number of hydrogen-bond acceptors (Lipinski definition) is 6. The minimum Gasteiger partial charge on any atom is -0.444 e. The summed E-state index contributed by atoms with van der Waals surface area (Å²) >= 11 is 0. The molecule has 1 aromatic heterocycles. The Morgan fingerprint density at radius 3 is 2.32 bits per heavy atom. The first kappa shape index (κ1) is 22.6. The zero-order valence-corrected chi connectivity index (χ0v) is 19.9. The van der Waals surface area contributed by atoms with Gasteiger partial charge in [0.05, 0.1) is 0 Å². The third kappa shape index (κ3) is 5.41. The highest BCUT2D eigenvalue weighted by Crippen LogP contribution is 2.60.